The Morgan fingerprint density at radius 1 is 1.21 bits per heavy atom. The highest BCUT2D eigenvalue weighted by Gasteiger charge is 2.12. The Kier molecular flexibility index (Phi) is 5.67. The Hall–Kier alpha value is -3.30. The topological polar surface area (TPSA) is 114 Å². The molecule has 1 heterocycles. The molecule has 0 radical (unpaired) electrons. The minimum atomic E-state index is -0.587. The van der Waals surface area contributed by atoms with Crippen molar-refractivity contribution < 1.29 is 14.5 Å². The van der Waals surface area contributed by atoms with Crippen molar-refractivity contribution in [2.45, 2.75) is 6.92 Å². The van der Waals surface area contributed by atoms with Crippen molar-refractivity contribution in [2.24, 2.45) is 0 Å². The van der Waals surface area contributed by atoms with E-state index < -0.39 is 10.8 Å². The van der Waals surface area contributed by atoms with Gasteiger partial charge < -0.3 is 5.32 Å². The molecule has 2 aromatic carbocycles. The molecule has 0 spiro atoms. The molecule has 28 heavy (non-hydrogen) atoms. The number of nitro benzene ring substituents is 1. The third-order valence-corrected chi connectivity index (χ3v) is 4.79. The van der Waals surface area contributed by atoms with Crippen LogP contribution in [0.25, 0.3) is 16.3 Å². The Bertz CT molecular complexity index is 1130. The van der Waals surface area contributed by atoms with Crippen LogP contribution in [0.1, 0.15) is 12.5 Å². The van der Waals surface area contributed by atoms with Crippen molar-refractivity contribution in [2.75, 3.05) is 10.6 Å². The number of hydrogen-bond acceptors (Lipinski definition) is 6. The largest absolute Gasteiger partial charge is 0.326 e. The lowest BCUT2D eigenvalue weighted by molar-refractivity contribution is -0.384. The van der Waals surface area contributed by atoms with Gasteiger partial charge in [0, 0.05) is 24.8 Å². The van der Waals surface area contributed by atoms with Gasteiger partial charge in [0.2, 0.25) is 11.8 Å². The molecular formula is C18H13ClN4O4S. The molecule has 2 N–H and O–H groups in total. The molecule has 0 saturated heterocycles. The molecule has 0 aliphatic heterocycles. The van der Waals surface area contributed by atoms with Crippen molar-refractivity contribution in [1.82, 2.24) is 4.98 Å². The predicted molar refractivity (Wildman–Crippen MR) is 110 cm³/mol. The number of carbonyl (C=O) groups is 2. The number of halogens is 1. The second-order valence-electron chi connectivity index (χ2n) is 5.67. The van der Waals surface area contributed by atoms with Crippen LogP contribution in [0.15, 0.2) is 42.5 Å². The van der Waals surface area contributed by atoms with Gasteiger partial charge in [-0.1, -0.05) is 29.0 Å². The maximum atomic E-state index is 12.1. The number of hydrogen-bond donors (Lipinski definition) is 2. The minimum Gasteiger partial charge on any atom is -0.326 e. The van der Waals surface area contributed by atoms with E-state index in [0.717, 1.165) is 4.70 Å². The van der Waals surface area contributed by atoms with E-state index in [9.17, 15) is 19.7 Å². The van der Waals surface area contributed by atoms with Crippen LogP contribution in [0.3, 0.4) is 0 Å². The summed E-state index contributed by atoms with van der Waals surface area (Å²) in [7, 11) is 0. The second kappa shape index (κ2) is 8.15. The first-order valence-electron chi connectivity index (χ1n) is 7.93. The van der Waals surface area contributed by atoms with Crippen LogP contribution in [0, 0.1) is 10.1 Å². The number of anilines is 2. The van der Waals surface area contributed by atoms with Gasteiger partial charge in [0.1, 0.15) is 5.02 Å². The SMILES string of the molecule is CC(=O)Nc1ccc2nc(NC(=O)C=Cc3ccc(Cl)c([N+](=O)[O-])c3)sc2c1. The number of benzene rings is 2. The van der Waals surface area contributed by atoms with Crippen LogP contribution in [0.4, 0.5) is 16.5 Å². The van der Waals surface area contributed by atoms with Gasteiger partial charge in [-0.05, 0) is 35.9 Å². The van der Waals surface area contributed by atoms with E-state index in [2.05, 4.69) is 15.6 Å². The average Bonchev–Trinajstić information content (AvgIpc) is 3.01. The minimum absolute atomic E-state index is 0.0275. The van der Waals surface area contributed by atoms with E-state index in [-0.39, 0.29) is 16.6 Å². The first-order chi connectivity index (χ1) is 13.3. The van der Waals surface area contributed by atoms with Crippen LogP contribution in [0.5, 0.6) is 0 Å². The summed E-state index contributed by atoms with van der Waals surface area (Å²) in [5.74, 6) is -0.608. The highest BCUT2D eigenvalue weighted by atomic mass is 35.5. The summed E-state index contributed by atoms with van der Waals surface area (Å²) < 4.78 is 0.804. The Balaban J connectivity index is 1.72. The van der Waals surface area contributed by atoms with E-state index in [1.54, 1.807) is 24.3 Å². The molecule has 3 aromatic rings. The molecular weight excluding hydrogens is 404 g/mol. The highest BCUT2D eigenvalue weighted by molar-refractivity contribution is 7.22. The number of aromatic nitrogens is 1. The fourth-order valence-corrected chi connectivity index (χ4v) is 3.45. The van der Waals surface area contributed by atoms with Gasteiger partial charge in [-0.3, -0.25) is 25.0 Å². The van der Waals surface area contributed by atoms with Gasteiger partial charge in [0.05, 0.1) is 15.1 Å². The fraction of sp³-hybridized carbons (Fsp3) is 0.0556. The summed E-state index contributed by atoms with van der Waals surface area (Å²) in [5.41, 5.74) is 1.57. The van der Waals surface area contributed by atoms with E-state index >= 15 is 0 Å². The average molecular weight is 417 g/mol. The number of carbonyl (C=O) groups excluding carboxylic acids is 2. The molecule has 3 rings (SSSR count). The number of fused-ring (bicyclic) bond motifs is 1. The number of thiazole rings is 1. The molecule has 0 unspecified atom stereocenters. The maximum absolute atomic E-state index is 12.1. The predicted octanol–water partition coefficient (Wildman–Crippen LogP) is 4.47. The monoisotopic (exact) mass is 416 g/mol. The molecule has 0 fully saturated rings. The molecule has 10 heteroatoms. The van der Waals surface area contributed by atoms with Crippen molar-refractivity contribution in [3.05, 3.63) is 63.2 Å². The molecule has 142 valence electrons. The summed E-state index contributed by atoms with van der Waals surface area (Å²) in [6.07, 6.45) is 2.70. The lowest BCUT2D eigenvalue weighted by Crippen LogP contribution is -2.07. The lowest BCUT2D eigenvalue weighted by atomic mass is 10.2. The number of rotatable bonds is 5. The Morgan fingerprint density at radius 3 is 2.71 bits per heavy atom. The van der Waals surface area contributed by atoms with Crippen LogP contribution in [-0.2, 0) is 9.59 Å². The molecule has 2 amide bonds. The molecule has 0 saturated carbocycles. The molecule has 0 bridgehead atoms. The zero-order valence-corrected chi connectivity index (χ0v) is 16.0. The van der Waals surface area contributed by atoms with E-state index in [0.29, 0.717) is 21.9 Å². The van der Waals surface area contributed by atoms with Gasteiger partial charge in [-0.15, -0.1) is 0 Å². The quantitative estimate of drug-likeness (QED) is 0.362. The summed E-state index contributed by atoms with van der Waals surface area (Å²) >= 11 is 7.03. The van der Waals surface area contributed by atoms with Crippen LogP contribution >= 0.6 is 22.9 Å². The van der Waals surface area contributed by atoms with E-state index in [1.807, 2.05) is 0 Å². The van der Waals surface area contributed by atoms with Crippen molar-refractivity contribution >= 4 is 67.6 Å². The first-order valence-corrected chi connectivity index (χ1v) is 9.12. The van der Waals surface area contributed by atoms with Crippen LogP contribution in [-0.4, -0.2) is 21.7 Å². The van der Waals surface area contributed by atoms with Crippen LogP contribution in [0.2, 0.25) is 5.02 Å². The standard InChI is InChI=1S/C18H13ClN4O4S/c1-10(24)20-12-4-6-14-16(9-12)28-18(21-14)22-17(25)7-3-11-2-5-13(19)15(8-11)23(26)27/h2-9H,1H3,(H,20,24)(H,21,22,25). The molecule has 0 aliphatic carbocycles. The maximum Gasteiger partial charge on any atom is 0.288 e. The lowest BCUT2D eigenvalue weighted by Gasteiger charge is -1.99. The first kappa shape index (κ1) is 19.5. The van der Waals surface area contributed by atoms with Gasteiger partial charge in [-0.25, -0.2) is 4.98 Å². The van der Waals surface area contributed by atoms with Crippen molar-refractivity contribution in [1.29, 1.82) is 0 Å². The van der Waals surface area contributed by atoms with Gasteiger partial charge in [0.25, 0.3) is 5.69 Å². The van der Waals surface area contributed by atoms with Crippen molar-refractivity contribution in [3.63, 3.8) is 0 Å². The number of amides is 2. The van der Waals surface area contributed by atoms with E-state index in [1.165, 1.54) is 42.5 Å². The summed E-state index contributed by atoms with van der Waals surface area (Å²) in [4.78, 5) is 37.9. The van der Waals surface area contributed by atoms with Gasteiger partial charge in [-0.2, -0.15) is 0 Å². The molecule has 1 aromatic heterocycles. The molecule has 0 atom stereocenters. The van der Waals surface area contributed by atoms with Gasteiger partial charge in [0.15, 0.2) is 5.13 Å². The third-order valence-electron chi connectivity index (χ3n) is 3.53. The summed E-state index contributed by atoms with van der Waals surface area (Å²) in [5, 5.41) is 16.7. The Labute approximate surface area is 168 Å². The molecule has 8 nitrogen and oxygen atoms in total. The van der Waals surface area contributed by atoms with Crippen molar-refractivity contribution in [3.8, 4) is 0 Å². The van der Waals surface area contributed by atoms with E-state index in [4.69, 9.17) is 11.6 Å². The number of nitrogens with one attached hydrogen (secondary N) is 2. The third kappa shape index (κ3) is 4.70. The van der Waals surface area contributed by atoms with Crippen LogP contribution < -0.4 is 10.6 Å². The van der Waals surface area contributed by atoms with Gasteiger partial charge >= 0.3 is 0 Å². The Morgan fingerprint density at radius 2 is 2.00 bits per heavy atom. The number of nitro groups is 1. The summed E-state index contributed by atoms with van der Waals surface area (Å²) in [6.45, 7) is 1.42. The smallest absolute Gasteiger partial charge is 0.288 e. The zero-order chi connectivity index (χ0) is 20.3. The second-order valence-corrected chi connectivity index (χ2v) is 7.11. The summed E-state index contributed by atoms with van der Waals surface area (Å²) in [6, 6.07) is 9.50. The number of nitrogens with zero attached hydrogens (tertiary/aromatic N) is 2. The molecule has 0 aliphatic rings. The fourth-order valence-electron chi connectivity index (χ4n) is 2.35. The highest BCUT2D eigenvalue weighted by Crippen LogP contribution is 2.29. The normalized spacial score (nSPS) is 10.9. The zero-order valence-electron chi connectivity index (χ0n) is 14.4.